The fraction of sp³-hybridized carbons (Fsp3) is 0.200. The summed E-state index contributed by atoms with van der Waals surface area (Å²) in [5.41, 5.74) is 3.93. The second-order valence-corrected chi connectivity index (χ2v) is 7.11. The SMILES string of the molecule is COc1cccc(CNC(=O)c2ccc3nc(CCc4ccccc4)oc3c2)c1OC. The fourth-order valence-electron chi connectivity index (χ4n) is 3.49. The van der Waals surface area contributed by atoms with E-state index in [9.17, 15) is 4.79 Å². The van der Waals surface area contributed by atoms with Gasteiger partial charge in [-0.15, -0.1) is 0 Å². The van der Waals surface area contributed by atoms with Gasteiger partial charge in [-0.1, -0.05) is 42.5 Å². The van der Waals surface area contributed by atoms with E-state index in [1.165, 1.54) is 5.56 Å². The molecule has 1 amide bonds. The van der Waals surface area contributed by atoms with E-state index >= 15 is 0 Å². The van der Waals surface area contributed by atoms with Gasteiger partial charge in [-0.25, -0.2) is 4.98 Å². The number of carbonyl (C=O) groups is 1. The molecule has 0 saturated carbocycles. The maximum absolute atomic E-state index is 12.7. The van der Waals surface area contributed by atoms with Crippen molar-refractivity contribution in [2.24, 2.45) is 0 Å². The van der Waals surface area contributed by atoms with Gasteiger partial charge in [0.05, 0.1) is 14.2 Å². The van der Waals surface area contributed by atoms with Crippen LogP contribution >= 0.6 is 0 Å². The molecule has 0 saturated heterocycles. The van der Waals surface area contributed by atoms with Crippen molar-refractivity contribution in [1.82, 2.24) is 10.3 Å². The minimum absolute atomic E-state index is 0.200. The maximum Gasteiger partial charge on any atom is 0.251 e. The van der Waals surface area contributed by atoms with Gasteiger partial charge in [0.1, 0.15) is 5.52 Å². The summed E-state index contributed by atoms with van der Waals surface area (Å²) in [5.74, 6) is 1.70. The van der Waals surface area contributed by atoms with Gasteiger partial charge < -0.3 is 19.2 Å². The normalized spacial score (nSPS) is 10.8. The van der Waals surface area contributed by atoms with Gasteiger partial charge >= 0.3 is 0 Å². The number of amides is 1. The first-order valence-corrected chi connectivity index (χ1v) is 10.1. The van der Waals surface area contributed by atoms with Crippen molar-refractivity contribution < 1.29 is 18.7 Å². The molecule has 0 unspecified atom stereocenters. The average Bonchev–Trinajstić information content (AvgIpc) is 3.23. The molecule has 158 valence electrons. The number of aromatic nitrogens is 1. The van der Waals surface area contributed by atoms with Gasteiger partial charge in [-0.3, -0.25) is 4.79 Å². The van der Waals surface area contributed by atoms with E-state index in [4.69, 9.17) is 13.9 Å². The first kappa shape index (κ1) is 20.5. The van der Waals surface area contributed by atoms with E-state index in [1.807, 2.05) is 42.5 Å². The Morgan fingerprint density at radius 3 is 2.58 bits per heavy atom. The first-order chi connectivity index (χ1) is 15.2. The Morgan fingerprint density at radius 1 is 0.968 bits per heavy atom. The number of methoxy groups -OCH3 is 2. The predicted molar refractivity (Wildman–Crippen MR) is 119 cm³/mol. The topological polar surface area (TPSA) is 73.6 Å². The molecule has 0 spiro atoms. The van der Waals surface area contributed by atoms with Gasteiger partial charge in [0.25, 0.3) is 5.91 Å². The lowest BCUT2D eigenvalue weighted by molar-refractivity contribution is 0.0950. The maximum atomic E-state index is 12.7. The Morgan fingerprint density at radius 2 is 1.81 bits per heavy atom. The van der Waals surface area contributed by atoms with Crippen LogP contribution in [0.1, 0.15) is 27.4 Å². The Kier molecular flexibility index (Phi) is 6.17. The number of nitrogens with one attached hydrogen (secondary N) is 1. The standard InChI is InChI=1S/C25H24N2O4/c1-29-21-10-6-9-19(24(21)30-2)16-26-25(28)18-12-13-20-22(15-18)31-23(27-20)14-11-17-7-4-3-5-8-17/h3-10,12-13,15H,11,14,16H2,1-2H3,(H,26,28). The highest BCUT2D eigenvalue weighted by Crippen LogP contribution is 2.30. The van der Waals surface area contributed by atoms with E-state index in [2.05, 4.69) is 22.4 Å². The number of ether oxygens (including phenoxy) is 2. The summed E-state index contributed by atoms with van der Waals surface area (Å²) in [4.78, 5) is 17.2. The smallest absolute Gasteiger partial charge is 0.251 e. The molecular formula is C25H24N2O4. The molecule has 0 aliphatic rings. The molecule has 4 aromatic rings. The minimum Gasteiger partial charge on any atom is -0.493 e. The quantitative estimate of drug-likeness (QED) is 0.456. The van der Waals surface area contributed by atoms with Gasteiger partial charge in [-0.05, 0) is 36.2 Å². The van der Waals surface area contributed by atoms with Gasteiger partial charge in [0, 0.05) is 24.1 Å². The van der Waals surface area contributed by atoms with Crippen molar-refractivity contribution >= 4 is 17.0 Å². The number of fused-ring (bicyclic) bond motifs is 1. The van der Waals surface area contributed by atoms with Crippen molar-refractivity contribution in [3.8, 4) is 11.5 Å². The Labute approximate surface area is 180 Å². The molecule has 1 aromatic heterocycles. The molecule has 31 heavy (non-hydrogen) atoms. The van der Waals surface area contributed by atoms with Crippen LogP contribution in [0.2, 0.25) is 0 Å². The zero-order valence-corrected chi connectivity index (χ0v) is 17.6. The summed E-state index contributed by atoms with van der Waals surface area (Å²) < 4.78 is 16.6. The summed E-state index contributed by atoms with van der Waals surface area (Å²) in [6, 6.07) is 21.1. The molecule has 0 aliphatic carbocycles. The second kappa shape index (κ2) is 9.34. The second-order valence-electron chi connectivity index (χ2n) is 7.11. The highest BCUT2D eigenvalue weighted by Gasteiger charge is 2.13. The summed E-state index contributed by atoms with van der Waals surface area (Å²) in [6.45, 7) is 0.315. The zero-order valence-electron chi connectivity index (χ0n) is 17.6. The molecule has 6 heteroatoms. The molecule has 1 heterocycles. The molecule has 4 rings (SSSR count). The third-order valence-corrected chi connectivity index (χ3v) is 5.09. The number of hydrogen-bond donors (Lipinski definition) is 1. The van der Waals surface area contributed by atoms with Crippen LogP contribution in [0, 0.1) is 0 Å². The third-order valence-electron chi connectivity index (χ3n) is 5.09. The van der Waals surface area contributed by atoms with Gasteiger partial charge in [0.15, 0.2) is 23.0 Å². The molecule has 0 bridgehead atoms. The largest absolute Gasteiger partial charge is 0.493 e. The average molecular weight is 416 g/mol. The lowest BCUT2D eigenvalue weighted by Gasteiger charge is -2.13. The monoisotopic (exact) mass is 416 g/mol. The van der Waals surface area contributed by atoms with Gasteiger partial charge in [-0.2, -0.15) is 0 Å². The Bertz CT molecular complexity index is 1180. The van der Waals surface area contributed by atoms with E-state index in [1.54, 1.807) is 26.4 Å². The van der Waals surface area contributed by atoms with Crippen LogP contribution in [0.4, 0.5) is 0 Å². The Balaban J connectivity index is 1.44. The number of benzene rings is 3. The van der Waals surface area contributed by atoms with Crippen LogP contribution < -0.4 is 14.8 Å². The number of carbonyl (C=O) groups excluding carboxylic acids is 1. The van der Waals surface area contributed by atoms with Crippen LogP contribution in [0.25, 0.3) is 11.1 Å². The van der Waals surface area contributed by atoms with E-state index < -0.39 is 0 Å². The van der Waals surface area contributed by atoms with Crippen molar-refractivity contribution in [2.45, 2.75) is 19.4 Å². The predicted octanol–water partition coefficient (Wildman–Crippen LogP) is 4.56. The number of oxazole rings is 1. The number of para-hydroxylation sites is 1. The van der Waals surface area contributed by atoms with Crippen molar-refractivity contribution in [3.05, 3.63) is 89.3 Å². The molecule has 0 aliphatic heterocycles. The lowest BCUT2D eigenvalue weighted by Crippen LogP contribution is -2.23. The van der Waals surface area contributed by atoms with Crippen molar-refractivity contribution in [1.29, 1.82) is 0 Å². The summed E-state index contributed by atoms with van der Waals surface area (Å²) in [6.07, 6.45) is 1.55. The highest BCUT2D eigenvalue weighted by molar-refractivity contribution is 5.97. The third kappa shape index (κ3) is 4.69. The van der Waals surface area contributed by atoms with Crippen LogP contribution in [0.15, 0.2) is 71.1 Å². The molecule has 0 fully saturated rings. The van der Waals surface area contributed by atoms with Crippen LogP contribution in [0.5, 0.6) is 11.5 Å². The Hall–Kier alpha value is -3.80. The summed E-state index contributed by atoms with van der Waals surface area (Å²) in [7, 11) is 3.16. The molecular weight excluding hydrogens is 392 g/mol. The number of aryl methyl sites for hydroxylation is 2. The fourth-order valence-corrected chi connectivity index (χ4v) is 3.49. The minimum atomic E-state index is -0.200. The number of hydrogen-bond acceptors (Lipinski definition) is 5. The van der Waals surface area contributed by atoms with E-state index in [-0.39, 0.29) is 5.91 Å². The van der Waals surface area contributed by atoms with E-state index in [0.717, 1.165) is 17.5 Å². The molecule has 3 aromatic carbocycles. The highest BCUT2D eigenvalue weighted by atomic mass is 16.5. The van der Waals surface area contributed by atoms with Crippen molar-refractivity contribution in [2.75, 3.05) is 14.2 Å². The molecule has 6 nitrogen and oxygen atoms in total. The summed E-state index contributed by atoms with van der Waals surface area (Å²) in [5, 5.41) is 2.92. The van der Waals surface area contributed by atoms with Crippen LogP contribution in [-0.2, 0) is 19.4 Å². The molecule has 0 radical (unpaired) electrons. The number of nitrogens with zero attached hydrogens (tertiary/aromatic N) is 1. The molecule has 0 atom stereocenters. The zero-order chi connectivity index (χ0) is 21.6. The van der Waals surface area contributed by atoms with Crippen LogP contribution in [0.3, 0.4) is 0 Å². The summed E-state index contributed by atoms with van der Waals surface area (Å²) >= 11 is 0. The van der Waals surface area contributed by atoms with Crippen LogP contribution in [-0.4, -0.2) is 25.1 Å². The van der Waals surface area contributed by atoms with Crippen molar-refractivity contribution in [3.63, 3.8) is 0 Å². The lowest BCUT2D eigenvalue weighted by atomic mass is 10.1. The van der Waals surface area contributed by atoms with Gasteiger partial charge in [0.2, 0.25) is 0 Å². The number of rotatable bonds is 8. The first-order valence-electron chi connectivity index (χ1n) is 10.1. The van der Waals surface area contributed by atoms with E-state index in [0.29, 0.717) is 41.5 Å². The molecule has 1 N–H and O–H groups in total.